The van der Waals surface area contributed by atoms with E-state index in [9.17, 15) is 4.79 Å². The number of aromatic amines is 1. The van der Waals surface area contributed by atoms with Crippen LogP contribution in [0.1, 0.15) is 12.8 Å². The summed E-state index contributed by atoms with van der Waals surface area (Å²) in [4.78, 5) is 17.7. The van der Waals surface area contributed by atoms with E-state index < -0.39 is 0 Å². The Morgan fingerprint density at radius 3 is 3.00 bits per heavy atom. The molecule has 0 bridgehead atoms. The van der Waals surface area contributed by atoms with Crippen molar-refractivity contribution in [1.82, 2.24) is 9.97 Å². The highest BCUT2D eigenvalue weighted by Crippen LogP contribution is 2.22. The van der Waals surface area contributed by atoms with Gasteiger partial charge in [-0.1, -0.05) is 0 Å². The van der Waals surface area contributed by atoms with E-state index in [0.717, 1.165) is 0 Å². The second kappa shape index (κ2) is 2.90. The Kier molecular flexibility index (Phi) is 1.88. The van der Waals surface area contributed by atoms with Crippen LogP contribution in [0, 0.1) is 0 Å². The molecule has 1 heterocycles. The predicted molar refractivity (Wildman–Crippen MR) is 49.2 cm³/mol. The summed E-state index contributed by atoms with van der Waals surface area (Å²) in [5.41, 5.74) is -0.145. The van der Waals surface area contributed by atoms with Gasteiger partial charge in [-0.25, -0.2) is 4.98 Å². The molecule has 1 aromatic heterocycles. The lowest BCUT2D eigenvalue weighted by molar-refractivity contribution is 1.02. The van der Waals surface area contributed by atoms with Crippen LogP contribution in [-0.2, 0) is 0 Å². The van der Waals surface area contributed by atoms with Crippen LogP contribution in [0.2, 0.25) is 0 Å². The van der Waals surface area contributed by atoms with Crippen LogP contribution in [-0.4, -0.2) is 16.0 Å². The maximum atomic E-state index is 11.1. The molecular formula is C7H8BrN3O. The molecule has 0 aliphatic heterocycles. The monoisotopic (exact) mass is 229 g/mol. The molecule has 0 saturated heterocycles. The number of hydrogen-bond acceptors (Lipinski definition) is 3. The fourth-order valence-corrected chi connectivity index (χ4v) is 1.08. The first-order valence-electron chi connectivity index (χ1n) is 3.77. The lowest BCUT2D eigenvalue weighted by Gasteiger charge is -2.01. The van der Waals surface area contributed by atoms with Crippen molar-refractivity contribution in [3.05, 3.63) is 21.0 Å². The van der Waals surface area contributed by atoms with Gasteiger partial charge in [-0.05, 0) is 28.8 Å². The standard InChI is InChI=1S/C7H8BrN3O/c8-5-3-9-7(11-6(5)12)10-4-1-2-4/h3-4H,1-2H2,(H2,9,10,11,12). The van der Waals surface area contributed by atoms with Crippen molar-refractivity contribution >= 4 is 21.9 Å². The number of H-pyrrole nitrogens is 1. The van der Waals surface area contributed by atoms with Gasteiger partial charge in [0, 0.05) is 6.04 Å². The SMILES string of the molecule is O=c1[nH]c(NC2CC2)ncc1Br. The minimum atomic E-state index is -0.145. The van der Waals surface area contributed by atoms with Gasteiger partial charge in [-0.15, -0.1) is 0 Å². The highest BCUT2D eigenvalue weighted by molar-refractivity contribution is 9.10. The first kappa shape index (κ1) is 7.79. The molecule has 12 heavy (non-hydrogen) atoms. The van der Waals surface area contributed by atoms with Crippen LogP contribution < -0.4 is 10.9 Å². The minimum absolute atomic E-state index is 0.145. The smallest absolute Gasteiger partial charge is 0.266 e. The van der Waals surface area contributed by atoms with Crippen molar-refractivity contribution < 1.29 is 0 Å². The summed E-state index contributed by atoms with van der Waals surface area (Å²) >= 11 is 3.08. The molecule has 2 N–H and O–H groups in total. The number of rotatable bonds is 2. The van der Waals surface area contributed by atoms with Crippen molar-refractivity contribution in [3.8, 4) is 0 Å². The second-order valence-corrected chi connectivity index (χ2v) is 3.68. The van der Waals surface area contributed by atoms with Crippen LogP contribution >= 0.6 is 15.9 Å². The van der Waals surface area contributed by atoms with Gasteiger partial charge < -0.3 is 5.32 Å². The third kappa shape index (κ3) is 1.66. The third-order valence-corrected chi connectivity index (χ3v) is 2.24. The molecule has 0 aromatic carbocycles. The lowest BCUT2D eigenvalue weighted by Crippen LogP contribution is -2.13. The largest absolute Gasteiger partial charge is 0.353 e. The van der Waals surface area contributed by atoms with E-state index in [4.69, 9.17) is 0 Å². The highest BCUT2D eigenvalue weighted by atomic mass is 79.9. The van der Waals surface area contributed by atoms with Gasteiger partial charge in [0.1, 0.15) is 4.47 Å². The molecule has 2 rings (SSSR count). The summed E-state index contributed by atoms with van der Waals surface area (Å²) in [6.07, 6.45) is 3.84. The van der Waals surface area contributed by atoms with Crippen LogP contribution in [0.15, 0.2) is 15.5 Å². The average Bonchev–Trinajstić information content (AvgIpc) is 2.81. The molecule has 64 valence electrons. The normalized spacial score (nSPS) is 16.1. The molecule has 1 aromatic rings. The Morgan fingerprint density at radius 2 is 2.42 bits per heavy atom. The van der Waals surface area contributed by atoms with Gasteiger partial charge in [-0.2, -0.15) is 0 Å². The van der Waals surface area contributed by atoms with E-state index in [0.29, 0.717) is 16.5 Å². The molecule has 1 aliphatic rings. The van der Waals surface area contributed by atoms with Crippen LogP contribution in [0.3, 0.4) is 0 Å². The molecule has 5 heteroatoms. The number of aromatic nitrogens is 2. The van der Waals surface area contributed by atoms with Crippen LogP contribution in [0.25, 0.3) is 0 Å². The Morgan fingerprint density at radius 1 is 1.67 bits per heavy atom. The third-order valence-electron chi connectivity index (χ3n) is 1.67. The molecule has 4 nitrogen and oxygen atoms in total. The van der Waals surface area contributed by atoms with Gasteiger partial charge in [0.2, 0.25) is 5.95 Å². The van der Waals surface area contributed by atoms with Gasteiger partial charge in [-0.3, -0.25) is 9.78 Å². The van der Waals surface area contributed by atoms with E-state index in [-0.39, 0.29) is 5.56 Å². The summed E-state index contributed by atoms with van der Waals surface area (Å²) < 4.78 is 0.462. The molecule has 0 unspecified atom stereocenters. The van der Waals surface area contributed by atoms with Crippen molar-refractivity contribution in [2.75, 3.05) is 5.32 Å². The minimum Gasteiger partial charge on any atom is -0.353 e. The van der Waals surface area contributed by atoms with E-state index in [1.165, 1.54) is 19.0 Å². The lowest BCUT2D eigenvalue weighted by atomic mass is 10.6. The maximum absolute atomic E-state index is 11.1. The number of anilines is 1. The van der Waals surface area contributed by atoms with Crippen molar-refractivity contribution in [2.24, 2.45) is 0 Å². The molecule has 1 saturated carbocycles. The topological polar surface area (TPSA) is 57.8 Å². The summed E-state index contributed by atoms with van der Waals surface area (Å²) in [5.74, 6) is 0.561. The Hall–Kier alpha value is -0.840. The fraction of sp³-hybridized carbons (Fsp3) is 0.429. The van der Waals surface area contributed by atoms with E-state index >= 15 is 0 Å². The number of halogens is 1. The van der Waals surface area contributed by atoms with Crippen molar-refractivity contribution in [3.63, 3.8) is 0 Å². The van der Waals surface area contributed by atoms with Crippen molar-refractivity contribution in [2.45, 2.75) is 18.9 Å². The Balaban J connectivity index is 2.21. The summed E-state index contributed by atoms with van der Waals surface area (Å²) in [7, 11) is 0. The first-order chi connectivity index (χ1) is 5.75. The molecule has 0 spiro atoms. The van der Waals surface area contributed by atoms with Crippen molar-refractivity contribution in [1.29, 1.82) is 0 Å². The summed E-state index contributed by atoms with van der Waals surface area (Å²) in [5, 5.41) is 3.10. The molecule has 1 fully saturated rings. The molecule has 1 aliphatic carbocycles. The van der Waals surface area contributed by atoms with Crippen LogP contribution in [0.4, 0.5) is 5.95 Å². The summed E-state index contributed by atoms with van der Waals surface area (Å²) in [6, 6.07) is 0.509. The number of nitrogens with one attached hydrogen (secondary N) is 2. The average molecular weight is 230 g/mol. The summed E-state index contributed by atoms with van der Waals surface area (Å²) in [6.45, 7) is 0. The fourth-order valence-electron chi connectivity index (χ4n) is 0.874. The van der Waals surface area contributed by atoms with E-state index in [1.807, 2.05) is 0 Å². The van der Waals surface area contributed by atoms with Gasteiger partial charge in [0.05, 0.1) is 6.20 Å². The maximum Gasteiger partial charge on any atom is 0.266 e. The quantitative estimate of drug-likeness (QED) is 0.799. The Labute approximate surface area is 77.5 Å². The van der Waals surface area contributed by atoms with E-state index in [2.05, 4.69) is 31.2 Å². The molecular weight excluding hydrogens is 222 g/mol. The zero-order chi connectivity index (χ0) is 8.55. The second-order valence-electron chi connectivity index (χ2n) is 2.83. The zero-order valence-electron chi connectivity index (χ0n) is 6.30. The Bertz CT molecular complexity index is 345. The van der Waals surface area contributed by atoms with Gasteiger partial charge in [0.25, 0.3) is 5.56 Å². The van der Waals surface area contributed by atoms with Gasteiger partial charge >= 0.3 is 0 Å². The molecule has 0 radical (unpaired) electrons. The first-order valence-corrected chi connectivity index (χ1v) is 4.56. The zero-order valence-corrected chi connectivity index (χ0v) is 7.89. The number of hydrogen-bond donors (Lipinski definition) is 2. The predicted octanol–water partition coefficient (Wildman–Crippen LogP) is 1.11. The molecule has 0 amide bonds. The van der Waals surface area contributed by atoms with Gasteiger partial charge in [0.15, 0.2) is 0 Å². The van der Waals surface area contributed by atoms with Crippen LogP contribution in [0.5, 0.6) is 0 Å². The van der Waals surface area contributed by atoms with E-state index in [1.54, 1.807) is 0 Å². The molecule has 0 atom stereocenters. The highest BCUT2D eigenvalue weighted by Gasteiger charge is 2.21. The number of nitrogens with zero attached hydrogens (tertiary/aromatic N) is 1.